The van der Waals surface area contributed by atoms with Crippen LogP contribution in [-0.2, 0) is 14.8 Å². The number of amides is 1. The van der Waals surface area contributed by atoms with Crippen molar-refractivity contribution >= 4 is 27.3 Å². The second-order valence-electron chi connectivity index (χ2n) is 7.23. The highest BCUT2D eigenvalue weighted by Crippen LogP contribution is 2.32. The van der Waals surface area contributed by atoms with E-state index in [9.17, 15) is 13.2 Å². The lowest BCUT2D eigenvalue weighted by atomic mass is 10.1. The van der Waals surface area contributed by atoms with E-state index in [1.807, 2.05) is 26.0 Å². The summed E-state index contributed by atoms with van der Waals surface area (Å²) in [7, 11) is -1.18. The van der Waals surface area contributed by atoms with Crippen LogP contribution in [0.4, 0.5) is 11.4 Å². The minimum atomic E-state index is -4.08. The van der Waals surface area contributed by atoms with Gasteiger partial charge >= 0.3 is 0 Å². The van der Waals surface area contributed by atoms with E-state index in [1.165, 1.54) is 32.4 Å². The van der Waals surface area contributed by atoms with Crippen LogP contribution in [0.25, 0.3) is 0 Å². The first-order valence-corrected chi connectivity index (χ1v) is 11.4. The van der Waals surface area contributed by atoms with Crippen LogP contribution in [0.5, 0.6) is 11.5 Å². The summed E-state index contributed by atoms with van der Waals surface area (Å²) in [5.74, 6) is 0.233. The van der Waals surface area contributed by atoms with Crippen LogP contribution >= 0.6 is 0 Å². The number of ether oxygens (including phenoxy) is 2. The van der Waals surface area contributed by atoms with Gasteiger partial charge in [0.1, 0.15) is 6.54 Å². The summed E-state index contributed by atoms with van der Waals surface area (Å²) in [4.78, 5) is 12.9. The van der Waals surface area contributed by atoms with Gasteiger partial charge in [-0.1, -0.05) is 35.9 Å². The van der Waals surface area contributed by atoms with Crippen molar-refractivity contribution in [3.8, 4) is 11.5 Å². The first kappa shape index (κ1) is 23.1. The second kappa shape index (κ2) is 9.74. The molecule has 0 radical (unpaired) electrons. The molecule has 7 nitrogen and oxygen atoms in total. The van der Waals surface area contributed by atoms with Gasteiger partial charge in [0.05, 0.1) is 24.8 Å². The SMILES string of the molecule is COc1ccc(S(=O)(=O)N(CC(=O)Nc2ccc(C)cc2C)c2ccccc2)cc1OC. The van der Waals surface area contributed by atoms with E-state index in [0.29, 0.717) is 17.1 Å². The van der Waals surface area contributed by atoms with Gasteiger partial charge < -0.3 is 14.8 Å². The van der Waals surface area contributed by atoms with Crippen molar-refractivity contribution in [2.24, 2.45) is 0 Å². The minimum absolute atomic E-state index is 0.0154. The number of hydrogen-bond donors (Lipinski definition) is 1. The Labute approximate surface area is 188 Å². The van der Waals surface area contributed by atoms with Crippen molar-refractivity contribution in [3.05, 3.63) is 77.9 Å². The number of hydrogen-bond acceptors (Lipinski definition) is 5. The van der Waals surface area contributed by atoms with Crippen LogP contribution < -0.4 is 19.1 Å². The fraction of sp³-hybridized carbons (Fsp3) is 0.208. The van der Waals surface area contributed by atoms with E-state index in [-0.39, 0.29) is 10.6 Å². The molecule has 0 spiro atoms. The molecule has 8 heteroatoms. The molecule has 0 aliphatic rings. The third-order valence-corrected chi connectivity index (χ3v) is 6.70. The first-order valence-electron chi connectivity index (χ1n) is 9.93. The second-order valence-corrected chi connectivity index (χ2v) is 9.09. The van der Waals surface area contributed by atoms with Crippen molar-refractivity contribution in [1.29, 1.82) is 0 Å². The number of carbonyl (C=O) groups is 1. The lowest BCUT2D eigenvalue weighted by Crippen LogP contribution is -2.38. The number of benzene rings is 3. The van der Waals surface area contributed by atoms with Gasteiger partial charge in [0.15, 0.2) is 11.5 Å². The summed E-state index contributed by atoms with van der Waals surface area (Å²) in [6.45, 7) is 3.46. The number of nitrogens with zero attached hydrogens (tertiary/aromatic N) is 1. The predicted molar refractivity (Wildman–Crippen MR) is 125 cm³/mol. The summed E-state index contributed by atoms with van der Waals surface area (Å²) in [5, 5.41) is 2.81. The Balaban J connectivity index is 1.96. The Morgan fingerprint density at radius 1 is 0.906 bits per heavy atom. The molecular weight excluding hydrogens is 428 g/mol. The van der Waals surface area contributed by atoms with Gasteiger partial charge in [0, 0.05) is 11.8 Å². The van der Waals surface area contributed by atoms with E-state index in [0.717, 1.165) is 15.4 Å². The molecule has 3 aromatic rings. The van der Waals surface area contributed by atoms with Crippen LogP contribution in [0.1, 0.15) is 11.1 Å². The fourth-order valence-electron chi connectivity index (χ4n) is 3.29. The molecule has 1 amide bonds. The van der Waals surface area contributed by atoms with Crippen molar-refractivity contribution in [3.63, 3.8) is 0 Å². The average molecular weight is 455 g/mol. The van der Waals surface area contributed by atoms with E-state index in [4.69, 9.17) is 9.47 Å². The number of nitrogens with one attached hydrogen (secondary N) is 1. The Morgan fingerprint density at radius 2 is 1.59 bits per heavy atom. The molecule has 0 aromatic heterocycles. The topological polar surface area (TPSA) is 84.9 Å². The van der Waals surface area contributed by atoms with Gasteiger partial charge in [-0.3, -0.25) is 9.10 Å². The third-order valence-electron chi connectivity index (χ3n) is 4.93. The zero-order valence-corrected chi connectivity index (χ0v) is 19.3. The highest BCUT2D eigenvalue weighted by Gasteiger charge is 2.28. The van der Waals surface area contributed by atoms with Crippen LogP contribution in [0.2, 0.25) is 0 Å². The lowest BCUT2D eigenvalue weighted by molar-refractivity contribution is -0.114. The Bertz CT molecular complexity index is 1210. The van der Waals surface area contributed by atoms with Crippen LogP contribution in [0.15, 0.2) is 71.6 Å². The van der Waals surface area contributed by atoms with Crippen molar-refractivity contribution in [2.75, 3.05) is 30.4 Å². The van der Waals surface area contributed by atoms with E-state index < -0.39 is 22.5 Å². The summed E-state index contributed by atoms with van der Waals surface area (Å²) < 4.78 is 38.6. The molecule has 0 atom stereocenters. The molecule has 0 heterocycles. The smallest absolute Gasteiger partial charge is 0.264 e. The number of aryl methyl sites for hydroxylation is 2. The zero-order valence-electron chi connectivity index (χ0n) is 18.5. The molecule has 168 valence electrons. The lowest BCUT2D eigenvalue weighted by Gasteiger charge is -2.24. The standard InChI is InChI=1S/C24H26N2O5S/c1-17-10-12-21(18(2)14-17)25-24(27)16-26(19-8-6-5-7-9-19)32(28,29)20-11-13-22(30-3)23(15-20)31-4/h5-15H,16H2,1-4H3,(H,25,27). The molecular formula is C24H26N2O5S. The molecule has 0 fully saturated rings. The number of para-hydroxylation sites is 1. The Morgan fingerprint density at radius 3 is 2.22 bits per heavy atom. The quantitative estimate of drug-likeness (QED) is 0.553. The molecule has 3 rings (SSSR count). The maximum absolute atomic E-state index is 13.5. The largest absolute Gasteiger partial charge is 0.493 e. The number of rotatable bonds is 8. The Hall–Kier alpha value is -3.52. The molecule has 0 saturated carbocycles. The minimum Gasteiger partial charge on any atom is -0.493 e. The molecule has 0 unspecified atom stereocenters. The van der Waals surface area contributed by atoms with Gasteiger partial charge in [-0.15, -0.1) is 0 Å². The fourth-order valence-corrected chi connectivity index (χ4v) is 4.72. The van der Waals surface area contributed by atoms with Crippen LogP contribution in [-0.4, -0.2) is 35.1 Å². The number of carbonyl (C=O) groups excluding carboxylic acids is 1. The van der Waals surface area contributed by atoms with Gasteiger partial charge in [0.25, 0.3) is 10.0 Å². The molecule has 0 bridgehead atoms. The number of sulfonamides is 1. The monoisotopic (exact) mass is 454 g/mol. The molecule has 0 saturated heterocycles. The predicted octanol–water partition coefficient (Wildman–Crippen LogP) is 4.15. The molecule has 0 aliphatic heterocycles. The van der Waals surface area contributed by atoms with Crippen molar-refractivity contribution in [2.45, 2.75) is 18.7 Å². The van der Waals surface area contributed by atoms with Gasteiger partial charge in [-0.2, -0.15) is 0 Å². The highest BCUT2D eigenvalue weighted by atomic mass is 32.2. The molecule has 32 heavy (non-hydrogen) atoms. The van der Waals surface area contributed by atoms with Gasteiger partial charge in [0.2, 0.25) is 5.91 Å². The zero-order chi connectivity index (χ0) is 23.3. The van der Waals surface area contributed by atoms with Gasteiger partial charge in [-0.25, -0.2) is 8.42 Å². The summed E-state index contributed by atoms with van der Waals surface area (Å²) in [5.41, 5.74) is 2.98. The van der Waals surface area contributed by atoms with E-state index in [1.54, 1.807) is 36.4 Å². The first-order chi connectivity index (χ1) is 15.3. The average Bonchev–Trinajstić information content (AvgIpc) is 2.79. The van der Waals surface area contributed by atoms with Crippen molar-refractivity contribution in [1.82, 2.24) is 0 Å². The molecule has 1 N–H and O–H groups in total. The maximum Gasteiger partial charge on any atom is 0.264 e. The number of methoxy groups -OCH3 is 2. The van der Waals surface area contributed by atoms with Crippen LogP contribution in [0, 0.1) is 13.8 Å². The number of anilines is 2. The molecule has 3 aromatic carbocycles. The third kappa shape index (κ3) is 5.03. The van der Waals surface area contributed by atoms with Crippen LogP contribution in [0.3, 0.4) is 0 Å². The van der Waals surface area contributed by atoms with E-state index >= 15 is 0 Å². The summed E-state index contributed by atoms with van der Waals surface area (Å²) >= 11 is 0. The Kier molecular flexibility index (Phi) is 7.05. The van der Waals surface area contributed by atoms with Gasteiger partial charge in [-0.05, 0) is 49.7 Å². The maximum atomic E-state index is 13.5. The van der Waals surface area contributed by atoms with Crippen molar-refractivity contribution < 1.29 is 22.7 Å². The van der Waals surface area contributed by atoms with E-state index in [2.05, 4.69) is 5.32 Å². The molecule has 0 aliphatic carbocycles. The normalized spacial score (nSPS) is 11.0. The highest BCUT2D eigenvalue weighted by molar-refractivity contribution is 7.92. The summed E-state index contributed by atoms with van der Waals surface area (Å²) in [6.07, 6.45) is 0. The summed E-state index contributed by atoms with van der Waals surface area (Å²) in [6, 6.07) is 18.5.